The van der Waals surface area contributed by atoms with Gasteiger partial charge in [-0.1, -0.05) is 0 Å². The van der Waals surface area contributed by atoms with Crippen molar-refractivity contribution in [3.8, 4) is 5.75 Å². The summed E-state index contributed by atoms with van der Waals surface area (Å²) < 4.78 is 5.61. The second-order valence-electron chi connectivity index (χ2n) is 4.96. The Balaban J connectivity index is 1.72. The first kappa shape index (κ1) is 13.8. The van der Waals surface area contributed by atoms with Gasteiger partial charge in [0.15, 0.2) is 0 Å². The van der Waals surface area contributed by atoms with Crippen molar-refractivity contribution in [3.63, 3.8) is 0 Å². The number of quaternary nitrogens is 1. The minimum Gasteiger partial charge on any atom is -0.545 e. The first-order valence-corrected chi connectivity index (χ1v) is 6.63. The van der Waals surface area contributed by atoms with Crippen LogP contribution in [0.1, 0.15) is 10.4 Å². The number of carboxylic acids is 1. The van der Waals surface area contributed by atoms with Gasteiger partial charge in [0.25, 0.3) is 0 Å². The molecule has 5 heteroatoms. The van der Waals surface area contributed by atoms with Crippen LogP contribution in [0, 0.1) is 0 Å². The lowest BCUT2D eigenvalue weighted by molar-refractivity contribution is -0.884. The van der Waals surface area contributed by atoms with Crippen LogP contribution in [0.3, 0.4) is 0 Å². The lowest BCUT2D eigenvalue weighted by Crippen LogP contribution is -3.12. The Labute approximate surface area is 113 Å². The van der Waals surface area contributed by atoms with Gasteiger partial charge in [0, 0.05) is 19.6 Å². The highest BCUT2D eigenvalue weighted by molar-refractivity contribution is 5.85. The van der Waals surface area contributed by atoms with Crippen molar-refractivity contribution in [2.24, 2.45) is 0 Å². The zero-order valence-electron chi connectivity index (χ0n) is 11.2. The Morgan fingerprint density at radius 2 is 1.95 bits per heavy atom. The Kier molecular flexibility index (Phi) is 4.76. The van der Waals surface area contributed by atoms with E-state index in [1.807, 2.05) is 0 Å². The van der Waals surface area contributed by atoms with Crippen LogP contribution in [-0.4, -0.2) is 57.2 Å². The summed E-state index contributed by atoms with van der Waals surface area (Å²) >= 11 is 0. The molecule has 5 nitrogen and oxygen atoms in total. The Hall–Kier alpha value is -1.59. The Morgan fingerprint density at radius 3 is 2.53 bits per heavy atom. The van der Waals surface area contributed by atoms with Gasteiger partial charge in [0.2, 0.25) is 0 Å². The first-order valence-electron chi connectivity index (χ1n) is 6.63. The summed E-state index contributed by atoms with van der Waals surface area (Å²) in [7, 11) is 2.21. The van der Waals surface area contributed by atoms with E-state index in [0.29, 0.717) is 12.4 Å². The van der Waals surface area contributed by atoms with E-state index in [1.165, 1.54) is 25.2 Å². The zero-order chi connectivity index (χ0) is 13.7. The third kappa shape index (κ3) is 4.22. The largest absolute Gasteiger partial charge is 0.545 e. The number of ether oxygens (including phenoxy) is 1. The van der Waals surface area contributed by atoms with Gasteiger partial charge >= 0.3 is 0 Å². The smallest absolute Gasteiger partial charge is 0.119 e. The number of rotatable bonds is 5. The standard InChI is InChI=1S/C14H20N2O3/c1-15-6-8-16(9-7-15)10-11-19-13-4-2-12(3-5-13)14(17)18/h2-5H,6-11H2,1H3,(H,17,18). The minimum absolute atomic E-state index is 0.175. The predicted octanol–water partition coefficient (Wildman–Crippen LogP) is -1.74. The number of nitrogens with one attached hydrogen (secondary N) is 1. The SMILES string of the molecule is C[NH+]1CCN(CCOc2ccc(C(=O)[O-])cc2)CC1. The molecule has 19 heavy (non-hydrogen) atoms. The molecule has 104 valence electrons. The van der Waals surface area contributed by atoms with Crippen molar-refractivity contribution in [1.29, 1.82) is 0 Å². The van der Waals surface area contributed by atoms with E-state index in [9.17, 15) is 9.90 Å². The highest BCUT2D eigenvalue weighted by atomic mass is 16.5. The quantitative estimate of drug-likeness (QED) is 0.686. The monoisotopic (exact) mass is 264 g/mol. The number of carboxylic acid groups (broad SMARTS) is 1. The van der Waals surface area contributed by atoms with Gasteiger partial charge < -0.3 is 19.5 Å². The van der Waals surface area contributed by atoms with Crippen LogP contribution >= 0.6 is 0 Å². The molecule has 0 aromatic heterocycles. The van der Waals surface area contributed by atoms with Crippen LogP contribution in [0.15, 0.2) is 24.3 Å². The van der Waals surface area contributed by atoms with Crippen molar-refractivity contribution >= 4 is 5.97 Å². The number of hydrogen-bond acceptors (Lipinski definition) is 4. The molecule has 0 saturated carbocycles. The summed E-state index contributed by atoms with van der Waals surface area (Å²) in [6.07, 6.45) is 0. The van der Waals surface area contributed by atoms with Crippen molar-refractivity contribution in [1.82, 2.24) is 4.90 Å². The third-order valence-corrected chi connectivity index (χ3v) is 3.48. The summed E-state index contributed by atoms with van der Waals surface area (Å²) in [5.74, 6) is -0.462. The van der Waals surface area contributed by atoms with Gasteiger partial charge in [0.1, 0.15) is 12.4 Å². The van der Waals surface area contributed by atoms with Gasteiger partial charge in [-0.05, 0) is 29.8 Å². The normalized spacial score (nSPS) is 17.3. The van der Waals surface area contributed by atoms with Gasteiger partial charge in [-0.2, -0.15) is 0 Å². The molecule has 0 bridgehead atoms. The van der Waals surface area contributed by atoms with Crippen LogP contribution in [0.5, 0.6) is 5.75 Å². The molecule has 0 radical (unpaired) electrons. The fourth-order valence-corrected chi connectivity index (χ4v) is 2.14. The molecule has 1 fully saturated rings. The second kappa shape index (κ2) is 6.54. The molecule has 1 aromatic rings. The van der Waals surface area contributed by atoms with Gasteiger partial charge in [-0.25, -0.2) is 0 Å². The molecule has 1 aliphatic heterocycles. The fraction of sp³-hybridized carbons (Fsp3) is 0.500. The molecule has 0 unspecified atom stereocenters. The number of carbonyl (C=O) groups excluding carboxylic acids is 1. The number of benzene rings is 1. The van der Waals surface area contributed by atoms with Crippen LogP contribution < -0.4 is 14.7 Å². The second-order valence-corrected chi connectivity index (χ2v) is 4.96. The van der Waals surface area contributed by atoms with Crippen molar-refractivity contribution < 1.29 is 19.5 Å². The maximum absolute atomic E-state index is 10.6. The number of likely N-dealkylation sites (N-methyl/N-ethyl adjacent to an activating group) is 1. The molecular weight excluding hydrogens is 244 g/mol. The molecule has 1 aromatic carbocycles. The lowest BCUT2D eigenvalue weighted by atomic mass is 10.2. The maximum atomic E-state index is 10.6. The van der Waals surface area contributed by atoms with Crippen molar-refractivity contribution in [2.45, 2.75) is 0 Å². The van der Waals surface area contributed by atoms with E-state index < -0.39 is 5.97 Å². The number of aromatic carboxylic acids is 1. The number of piperazine rings is 1. The van der Waals surface area contributed by atoms with Gasteiger partial charge in [0.05, 0.1) is 26.1 Å². The Bertz CT molecular complexity index is 411. The molecule has 0 atom stereocenters. The molecular formula is C14H20N2O3. The van der Waals surface area contributed by atoms with E-state index >= 15 is 0 Å². The number of hydrogen-bond donors (Lipinski definition) is 1. The van der Waals surface area contributed by atoms with Crippen molar-refractivity contribution in [2.75, 3.05) is 46.4 Å². The summed E-state index contributed by atoms with van der Waals surface area (Å²) in [6, 6.07) is 6.34. The number of nitrogens with zero attached hydrogens (tertiary/aromatic N) is 1. The third-order valence-electron chi connectivity index (χ3n) is 3.48. The van der Waals surface area contributed by atoms with Gasteiger partial charge in [-0.3, -0.25) is 4.90 Å². The molecule has 0 spiro atoms. The topological polar surface area (TPSA) is 57.0 Å². The molecule has 1 heterocycles. The lowest BCUT2D eigenvalue weighted by Gasteiger charge is -2.29. The minimum atomic E-state index is -1.16. The molecule has 1 N–H and O–H groups in total. The molecule has 0 amide bonds. The average Bonchev–Trinajstić information content (AvgIpc) is 2.41. The molecule has 1 aliphatic rings. The summed E-state index contributed by atoms with van der Waals surface area (Å²) in [5.41, 5.74) is 0.175. The van der Waals surface area contributed by atoms with Gasteiger partial charge in [-0.15, -0.1) is 0 Å². The number of carbonyl (C=O) groups is 1. The van der Waals surface area contributed by atoms with E-state index in [4.69, 9.17) is 4.74 Å². The Morgan fingerprint density at radius 1 is 1.32 bits per heavy atom. The first-order chi connectivity index (χ1) is 9.15. The molecule has 2 rings (SSSR count). The zero-order valence-corrected chi connectivity index (χ0v) is 11.2. The molecule has 0 aliphatic carbocycles. The van der Waals surface area contributed by atoms with Crippen LogP contribution in [-0.2, 0) is 0 Å². The van der Waals surface area contributed by atoms with E-state index in [1.54, 1.807) is 17.0 Å². The van der Waals surface area contributed by atoms with E-state index in [0.717, 1.165) is 19.6 Å². The van der Waals surface area contributed by atoms with Crippen LogP contribution in [0.2, 0.25) is 0 Å². The predicted molar refractivity (Wildman–Crippen MR) is 69.3 cm³/mol. The van der Waals surface area contributed by atoms with E-state index in [-0.39, 0.29) is 5.56 Å². The van der Waals surface area contributed by atoms with Crippen LogP contribution in [0.4, 0.5) is 0 Å². The summed E-state index contributed by atoms with van der Waals surface area (Å²) in [4.78, 5) is 14.6. The highest BCUT2D eigenvalue weighted by Crippen LogP contribution is 2.11. The fourth-order valence-electron chi connectivity index (χ4n) is 2.14. The average molecular weight is 264 g/mol. The van der Waals surface area contributed by atoms with Crippen LogP contribution in [0.25, 0.3) is 0 Å². The van der Waals surface area contributed by atoms with Crippen molar-refractivity contribution in [3.05, 3.63) is 29.8 Å². The summed E-state index contributed by atoms with van der Waals surface area (Å²) in [6.45, 7) is 6.12. The maximum Gasteiger partial charge on any atom is 0.119 e. The summed E-state index contributed by atoms with van der Waals surface area (Å²) in [5, 5.41) is 10.6. The van der Waals surface area contributed by atoms with E-state index in [2.05, 4.69) is 11.9 Å². The highest BCUT2D eigenvalue weighted by Gasteiger charge is 2.15. The molecule has 1 saturated heterocycles.